The van der Waals surface area contributed by atoms with E-state index >= 15 is 0 Å². The predicted molar refractivity (Wildman–Crippen MR) is 59.1 cm³/mol. The zero-order chi connectivity index (χ0) is 11.4. The zero-order valence-electron chi connectivity index (χ0n) is 9.21. The number of methoxy groups -OCH3 is 1. The minimum absolute atomic E-state index is 0.539. The van der Waals surface area contributed by atoms with Gasteiger partial charge in [-0.3, -0.25) is 0 Å². The van der Waals surface area contributed by atoms with E-state index in [2.05, 4.69) is 20.3 Å². The monoisotopic (exact) mass is 219 g/mol. The molecule has 84 valence electrons. The fraction of sp³-hybridized carbons (Fsp3) is 0.300. The first kappa shape index (κ1) is 10.4. The van der Waals surface area contributed by atoms with Gasteiger partial charge < -0.3 is 14.6 Å². The van der Waals surface area contributed by atoms with E-state index in [1.807, 2.05) is 17.8 Å². The molecule has 0 aliphatic heterocycles. The van der Waals surface area contributed by atoms with E-state index < -0.39 is 0 Å². The van der Waals surface area contributed by atoms with E-state index in [0.29, 0.717) is 12.4 Å². The molecule has 0 spiro atoms. The van der Waals surface area contributed by atoms with Crippen LogP contribution in [-0.2, 0) is 13.6 Å². The van der Waals surface area contributed by atoms with Crippen LogP contribution in [0.4, 0.5) is 5.82 Å². The molecule has 0 aliphatic carbocycles. The highest BCUT2D eigenvalue weighted by Gasteiger charge is 2.01. The molecular formula is C10H13N5O. The molecule has 0 unspecified atom stereocenters. The minimum Gasteiger partial charge on any atom is -0.481 e. The average Bonchev–Trinajstić information content (AvgIpc) is 2.72. The summed E-state index contributed by atoms with van der Waals surface area (Å²) in [6.45, 7) is 0.615. The lowest BCUT2D eigenvalue weighted by molar-refractivity contribution is 0.397. The lowest BCUT2D eigenvalue weighted by Gasteiger charge is -2.06. The first-order valence-corrected chi connectivity index (χ1v) is 4.85. The smallest absolute Gasteiger partial charge is 0.218 e. The van der Waals surface area contributed by atoms with E-state index in [1.165, 1.54) is 6.33 Å². The van der Waals surface area contributed by atoms with Crippen LogP contribution in [-0.4, -0.2) is 26.6 Å². The molecule has 0 saturated carbocycles. The SMILES string of the molecule is COc1cc(NCc2nccn2C)ncn1. The van der Waals surface area contributed by atoms with Crippen molar-refractivity contribution < 1.29 is 4.74 Å². The highest BCUT2D eigenvalue weighted by Crippen LogP contribution is 2.10. The van der Waals surface area contributed by atoms with E-state index in [-0.39, 0.29) is 0 Å². The van der Waals surface area contributed by atoms with Gasteiger partial charge in [-0.25, -0.2) is 15.0 Å². The maximum atomic E-state index is 5.00. The number of ether oxygens (including phenoxy) is 1. The highest BCUT2D eigenvalue weighted by molar-refractivity contribution is 5.37. The van der Waals surface area contributed by atoms with E-state index in [4.69, 9.17) is 4.74 Å². The number of hydrogen-bond acceptors (Lipinski definition) is 5. The van der Waals surface area contributed by atoms with Crippen LogP contribution in [0.25, 0.3) is 0 Å². The number of aromatic nitrogens is 4. The zero-order valence-corrected chi connectivity index (χ0v) is 9.21. The van der Waals surface area contributed by atoms with Gasteiger partial charge in [-0.1, -0.05) is 0 Å². The van der Waals surface area contributed by atoms with Crippen LogP contribution in [0.2, 0.25) is 0 Å². The van der Waals surface area contributed by atoms with Crippen molar-refractivity contribution in [3.63, 3.8) is 0 Å². The summed E-state index contributed by atoms with van der Waals surface area (Å²) in [4.78, 5) is 12.2. The van der Waals surface area contributed by atoms with Crippen molar-refractivity contribution in [1.82, 2.24) is 19.5 Å². The fourth-order valence-electron chi connectivity index (χ4n) is 1.28. The summed E-state index contributed by atoms with van der Waals surface area (Å²) in [6, 6.07) is 1.74. The van der Waals surface area contributed by atoms with Crippen molar-refractivity contribution >= 4 is 5.82 Å². The third kappa shape index (κ3) is 2.28. The molecule has 2 heterocycles. The molecular weight excluding hydrogens is 206 g/mol. The Morgan fingerprint density at radius 1 is 1.38 bits per heavy atom. The lowest BCUT2D eigenvalue weighted by Crippen LogP contribution is -2.07. The van der Waals surface area contributed by atoms with Gasteiger partial charge in [0.2, 0.25) is 5.88 Å². The summed E-state index contributed by atoms with van der Waals surface area (Å²) in [6.07, 6.45) is 5.12. The molecule has 0 radical (unpaired) electrons. The van der Waals surface area contributed by atoms with E-state index in [9.17, 15) is 0 Å². The summed E-state index contributed by atoms with van der Waals surface area (Å²) in [5.74, 6) is 2.20. The van der Waals surface area contributed by atoms with Gasteiger partial charge in [0.15, 0.2) is 0 Å². The van der Waals surface area contributed by atoms with Gasteiger partial charge in [0.25, 0.3) is 0 Å². The number of rotatable bonds is 4. The topological polar surface area (TPSA) is 64.9 Å². The summed E-state index contributed by atoms with van der Waals surface area (Å²) in [7, 11) is 3.52. The molecule has 0 fully saturated rings. The first-order chi connectivity index (χ1) is 7.79. The second-order valence-corrected chi connectivity index (χ2v) is 3.25. The van der Waals surface area contributed by atoms with Gasteiger partial charge in [-0.05, 0) is 0 Å². The Balaban J connectivity index is 2.02. The summed E-state index contributed by atoms with van der Waals surface area (Å²) < 4.78 is 6.95. The molecule has 0 saturated heterocycles. The third-order valence-corrected chi connectivity index (χ3v) is 2.20. The van der Waals surface area contributed by atoms with Crippen molar-refractivity contribution in [3.05, 3.63) is 30.6 Å². The summed E-state index contributed by atoms with van der Waals surface area (Å²) >= 11 is 0. The predicted octanol–water partition coefficient (Wildman–Crippen LogP) is 0.831. The van der Waals surface area contributed by atoms with Crippen LogP contribution in [0.3, 0.4) is 0 Å². The quantitative estimate of drug-likeness (QED) is 0.825. The third-order valence-electron chi connectivity index (χ3n) is 2.20. The Hall–Kier alpha value is -2.11. The van der Waals surface area contributed by atoms with Crippen molar-refractivity contribution in [2.24, 2.45) is 7.05 Å². The molecule has 6 nitrogen and oxygen atoms in total. The molecule has 6 heteroatoms. The van der Waals surface area contributed by atoms with Gasteiger partial charge in [-0.2, -0.15) is 0 Å². The van der Waals surface area contributed by atoms with Crippen LogP contribution < -0.4 is 10.1 Å². The van der Waals surface area contributed by atoms with Gasteiger partial charge in [0, 0.05) is 25.5 Å². The summed E-state index contributed by atoms with van der Waals surface area (Å²) in [5, 5.41) is 3.15. The number of nitrogens with zero attached hydrogens (tertiary/aromatic N) is 4. The van der Waals surface area contributed by atoms with Gasteiger partial charge in [-0.15, -0.1) is 0 Å². The Morgan fingerprint density at radius 3 is 2.94 bits per heavy atom. The van der Waals surface area contributed by atoms with Gasteiger partial charge in [0.05, 0.1) is 13.7 Å². The van der Waals surface area contributed by atoms with Crippen molar-refractivity contribution in [2.75, 3.05) is 12.4 Å². The molecule has 2 aromatic rings. The molecule has 0 amide bonds. The van der Waals surface area contributed by atoms with Crippen molar-refractivity contribution in [2.45, 2.75) is 6.54 Å². The first-order valence-electron chi connectivity index (χ1n) is 4.85. The normalized spacial score (nSPS) is 10.1. The van der Waals surface area contributed by atoms with Gasteiger partial charge in [0.1, 0.15) is 18.0 Å². The number of nitrogens with one attached hydrogen (secondary N) is 1. The largest absolute Gasteiger partial charge is 0.481 e. The Morgan fingerprint density at radius 2 is 2.25 bits per heavy atom. The van der Waals surface area contributed by atoms with Crippen LogP contribution in [0, 0.1) is 0 Å². The Labute approximate surface area is 93.3 Å². The molecule has 0 aliphatic rings. The molecule has 0 atom stereocenters. The maximum absolute atomic E-state index is 5.00. The molecule has 0 aromatic carbocycles. The maximum Gasteiger partial charge on any atom is 0.218 e. The second kappa shape index (κ2) is 4.61. The summed E-state index contributed by atoms with van der Waals surface area (Å²) in [5.41, 5.74) is 0. The van der Waals surface area contributed by atoms with Crippen LogP contribution in [0.1, 0.15) is 5.82 Å². The molecule has 16 heavy (non-hydrogen) atoms. The fourth-order valence-corrected chi connectivity index (χ4v) is 1.28. The second-order valence-electron chi connectivity index (χ2n) is 3.25. The van der Waals surface area contributed by atoms with Crippen LogP contribution >= 0.6 is 0 Å². The highest BCUT2D eigenvalue weighted by atomic mass is 16.5. The Bertz CT molecular complexity index is 468. The minimum atomic E-state index is 0.539. The van der Waals surface area contributed by atoms with Crippen molar-refractivity contribution in [1.29, 1.82) is 0 Å². The molecule has 2 rings (SSSR count). The number of anilines is 1. The van der Waals surface area contributed by atoms with E-state index in [0.717, 1.165) is 11.6 Å². The number of imidazole rings is 1. The molecule has 2 aromatic heterocycles. The van der Waals surface area contributed by atoms with Gasteiger partial charge >= 0.3 is 0 Å². The van der Waals surface area contributed by atoms with E-state index in [1.54, 1.807) is 19.4 Å². The lowest BCUT2D eigenvalue weighted by atomic mass is 10.5. The average molecular weight is 219 g/mol. The molecule has 0 bridgehead atoms. The number of hydrogen-bond donors (Lipinski definition) is 1. The molecule has 1 N–H and O–H groups in total. The van der Waals surface area contributed by atoms with Crippen molar-refractivity contribution in [3.8, 4) is 5.88 Å². The Kier molecular flexibility index (Phi) is 3.00. The standard InChI is InChI=1S/C10H13N5O/c1-15-4-3-11-9(15)6-12-8-5-10(16-2)14-7-13-8/h3-5,7H,6H2,1-2H3,(H,12,13,14). The van der Waals surface area contributed by atoms with Crippen LogP contribution in [0.15, 0.2) is 24.8 Å². The number of aryl methyl sites for hydroxylation is 1. The van der Waals surface area contributed by atoms with Crippen LogP contribution in [0.5, 0.6) is 5.88 Å².